The summed E-state index contributed by atoms with van der Waals surface area (Å²) in [6.07, 6.45) is 6.92. The number of aromatic amines is 2. The summed E-state index contributed by atoms with van der Waals surface area (Å²) in [5, 5.41) is 18.7. The van der Waals surface area contributed by atoms with E-state index in [4.69, 9.17) is 4.74 Å². The van der Waals surface area contributed by atoms with Crippen molar-refractivity contribution in [2.45, 2.75) is 64.9 Å². The third kappa shape index (κ3) is 4.39. The molecule has 1 amide bonds. The van der Waals surface area contributed by atoms with Crippen LogP contribution >= 0.6 is 0 Å². The van der Waals surface area contributed by atoms with E-state index < -0.39 is 0 Å². The monoisotopic (exact) mass is 464 g/mol. The Labute approximate surface area is 200 Å². The number of aliphatic hydroxyl groups is 1. The summed E-state index contributed by atoms with van der Waals surface area (Å²) in [7, 11) is 1.74. The molecule has 0 aliphatic heterocycles. The Kier molecular flexibility index (Phi) is 6.25. The average molecular weight is 465 g/mol. The van der Waals surface area contributed by atoms with Gasteiger partial charge < -0.3 is 19.7 Å². The van der Waals surface area contributed by atoms with Crippen LogP contribution in [0.3, 0.4) is 0 Å². The zero-order valence-corrected chi connectivity index (χ0v) is 20.5. The van der Waals surface area contributed by atoms with Gasteiger partial charge in [-0.15, -0.1) is 0 Å². The van der Waals surface area contributed by atoms with E-state index in [0.29, 0.717) is 12.0 Å². The molecule has 7 nitrogen and oxygen atoms in total. The van der Waals surface area contributed by atoms with Crippen molar-refractivity contribution in [3.8, 4) is 11.4 Å². The van der Waals surface area contributed by atoms with Gasteiger partial charge in [0.25, 0.3) is 0 Å². The Morgan fingerprint density at radius 2 is 2.03 bits per heavy atom. The van der Waals surface area contributed by atoms with Crippen molar-refractivity contribution in [3.05, 3.63) is 35.5 Å². The van der Waals surface area contributed by atoms with Crippen LogP contribution in [0.25, 0.3) is 22.3 Å². The first-order valence-electron chi connectivity index (χ1n) is 12.5. The summed E-state index contributed by atoms with van der Waals surface area (Å²) in [6.45, 7) is 4.85. The quantitative estimate of drug-likeness (QED) is 0.497. The molecule has 0 atom stereocenters. The number of H-pyrrole nitrogens is 2. The molecule has 2 heterocycles. The Morgan fingerprint density at radius 3 is 2.76 bits per heavy atom. The Bertz CT molecular complexity index is 1170. The second-order valence-corrected chi connectivity index (χ2v) is 10.7. The van der Waals surface area contributed by atoms with Crippen LogP contribution in [-0.4, -0.2) is 52.6 Å². The minimum absolute atomic E-state index is 0.0207. The third-order valence-corrected chi connectivity index (χ3v) is 7.78. The first kappa shape index (κ1) is 23.1. The van der Waals surface area contributed by atoms with E-state index in [2.05, 4.69) is 35.1 Å². The average Bonchev–Trinajstić information content (AvgIpc) is 3.44. The van der Waals surface area contributed by atoms with E-state index in [9.17, 15) is 9.90 Å². The van der Waals surface area contributed by atoms with Crippen molar-refractivity contribution in [3.63, 3.8) is 0 Å². The molecule has 5 rings (SSSR count). The number of aliphatic hydroxyl groups excluding tert-OH is 1. The number of aromatic nitrogens is 3. The van der Waals surface area contributed by atoms with Crippen LogP contribution < -0.4 is 4.90 Å². The van der Waals surface area contributed by atoms with Crippen molar-refractivity contribution < 1.29 is 14.6 Å². The molecule has 2 aliphatic carbocycles. The number of methoxy groups -OCH3 is 1. The lowest BCUT2D eigenvalue weighted by Gasteiger charge is -2.31. The van der Waals surface area contributed by atoms with Gasteiger partial charge in [0.05, 0.1) is 18.4 Å². The van der Waals surface area contributed by atoms with Gasteiger partial charge in [0, 0.05) is 47.4 Å². The lowest BCUT2D eigenvalue weighted by molar-refractivity contribution is -0.124. The fraction of sp³-hybridized carbons (Fsp3) is 0.556. The van der Waals surface area contributed by atoms with Crippen LogP contribution in [0.1, 0.15) is 57.2 Å². The maximum atomic E-state index is 13.4. The zero-order valence-electron chi connectivity index (χ0n) is 20.5. The molecule has 182 valence electrons. The molecule has 0 radical (unpaired) electrons. The molecule has 7 heteroatoms. The molecule has 2 aromatic heterocycles. The van der Waals surface area contributed by atoms with Crippen molar-refractivity contribution >= 4 is 22.5 Å². The van der Waals surface area contributed by atoms with Gasteiger partial charge in [0.2, 0.25) is 5.91 Å². The predicted molar refractivity (Wildman–Crippen MR) is 134 cm³/mol. The van der Waals surface area contributed by atoms with Crippen LogP contribution in [0.5, 0.6) is 0 Å². The molecule has 0 unspecified atom stereocenters. The van der Waals surface area contributed by atoms with Crippen molar-refractivity contribution in [2.24, 2.45) is 11.3 Å². The van der Waals surface area contributed by atoms with E-state index in [1.54, 1.807) is 12.0 Å². The molecule has 2 aliphatic rings. The number of benzene rings is 1. The van der Waals surface area contributed by atoms with Gasteiger partial charge in [-0.2, -0.15) is 5.10 Å². The normalized spacial score (nSPS) is 22.0. The lowest BCUT2D eigenvalue weighted by Crippen LogP contribution is -2.40. The summed E-state index contributed by atoms with van der Waals surface area (Å²) < 4.78 is 5.46. The number of carbonyl (C=O) groups excluding carboxylic acids is 1. The number of fused-ring (bicyclic) bond motifs is 2. The van der Waals surface area contributed by atoms with Gasteiger partial charge >= 0.3 is 0 Å². The molecule has 0 saturated heterocycles. The standard InChI is InChI=1S/C27H36N4O3/c1-27(2)11-10-21-24(16-27)29-30-25(21)23-14-18-4-7-19(15-22(18)28-23)31(12-13-32)26(33)17-5-8-20(34-3)9-6-17/h4,7,14-15,17,20,28,32H,5-6,8-13,16H2,1-3H3,(H,29,30)/t17-,20-. The molecule has 0 bridgehead atoms. The number of carbonyl (C=O) groups is 1. The topological polar surface area (TPSA) is 94.2 Å². The second-order valence-electron chi connectivity index (χ2n) is 10.7. The minimum atomic E-state index is -0.0665. The van der Waals surface area contributed by atoms with Gasteiger partial charge in [-0.05, 0) is 68.6 Å². The zero-order chi connectivity index (χ0) is 23.9. The van der Waals surface area contributed by atoms with Gasteiger partial charge in [0.15, 0.2) is 0 Å². The Balaban J connectivity index is 1.41. The highest BCUT2D eigenvalue weighted by Crippen LogP contribution is 2.38. The molecule has 34 heavy (non-hydrogen) atoms. The van der Waals surface area contributed by atoms with Crippen molar-refractivity contribution in [1.29, 1.82) is 0 Å². The van der Waals surface area contributed by atoms with Crippen LogP contribution in [0.2, 0.25) is 0 Å². The highest BCUT2D eigenvalue weighted by molar-refractivity contribution is 5.98. The summed E-state index contributed by atoms with van der Waals surface area (Å²) in [6, 6.07) is 8.19. The highest BCUT2D eigenvalue weighted by Gasteiger charge is 2.31. The van der Waals surface area contributed by atoms with Gasteiger partial charge in [-0.3, -0.25) is 9.89 Å². The van der Waals surface area contributed by atoms with E-state index in [0.717, 1.165) is 72.9 Å². The first-order valence-corrected chi connectivity index (χ1v) is 12.5. The van der Waals surface area contributed by atoms with Crippen LogP contribution in [0.15, 0.2) is 24.3 Å². The van der Waals surface area contributed by atoms with Gasteiger partial charge in [0.1, 0.15) is 5.69 Å². The molecule has 0 spiro atoms. The largest absolute Gasteiger partial charge is 0.395 e. The molecule has 1 aromatic carbocycles. The highest BCUT2D eigenvalue weighted by atomic mass is 16.5. The number of anilines is 1. The molecular weight excluding hydrogens is 428 g/mol. The van der Waals surface area contributed by atoms with Crippen LogP contribution in [0, 0.1) is 11.3 Å². The number of nitrogens with one attached hydrogen (secondary N) is 2. The summed E-state index contributed by atoms with van der Waals surface area (Å²) in [4.78, 5) is 18.7. The van der Waals surface area contributed by atoms with E-state index >= 15 is 0 Å². The number of hydrogen-bond donors (Lipinski definition) is 3. The molecule has 1 saturated carbocycles. The van der Waals surface area contributed by atoms with E-state index in [1.165, 1.54) is 11.3 Å². The lowest BCUT2D eigenvalue weighted by atomic mass is 9.76. The number of nitrogens with zero attached hydrogens (tertiary/aromatic N) is 2. The smallest absolute Gasteiger partial charge is 0.230 e. The van der Waals surface area contributed by atoms with Gasteiger partial charge in [-0.25, -0.2) is 0 Å². The first-order chi connectivity index (χ1) is 16.4. The second kappa shape index (κ2) is 9.19. The molecule has 3 N–H and O–H groups in total. The van der Waals surface area contributed by atoms with E-state index in [-0.39, 0.29) is 24.5 Å². The number of ether oxygens (including phenoxy) is 1. The van der Waals surface area contributed by atoms with Crippen LogP contribution in [-0.2, 0) is 22.4 Å². The fourth-order valence-electron chi connectivity index (χ4n) is 5.71. The summed E-state index contributed by atoms with van der Waals surface area (Å²) >= 11 is 0. The molecule has 1 fully saturated rings. The summed E-state index contributed by atoms with van der Waals surface area (Å²) in [5.74, 6) is 0.0754. The SMILES string of the molecule is CO[C@H]1CC[C@H](C(=O)N(CCO)c2ccc3cc(-c4n[nH]c5c4CCC(C)(C)C5)[nH]c3c2)CC1. The van der Waals surface area contributed by atoms with Gasteiger partial charge in [-0.1, -0.05) is 19.9 Å². The maximum Gasteiger partial charge on any atom is 0.230 e. The third-order valence-electron chi connectivity index (χ3n) is 7.78. The number of amides is 1. The number of hydrogen-bond acceptors (Lipinski definition) is 4. The predicted octanol–water partition coefficient (Wildman–Crippen LogP) is 4.60. The van der Waals surface area contributed by atoms with E-state index in [1.807, 2.05) is 18.2 Å². The van der Waals surface area contributed by atoms with Crippen LogP contribution in [0.4, 0.5) is 5.69 Å². The minimum Gasteiger partial charge on any atom is -0.395 e. The maximum absolute atomic E-state index is 13.4. The van der Waals surface area contributed by atoms with Crippen molar-refractivity contribution in [2.75, 3.05) is 25.2 Å². The Morgan fingerprint density at radius 1 is 1.24 bits per heavy atom. The molecular formula is C27H36N4O3. The number of rotatable bonds is 6. The van der Waals surface area contributed by atoms with Crippen molar-refractivity contribution in [1.82, 2.24) is 15.2 Å². The fourth-order valence-corrected chi connectivity index (χ4v) is 5.71. The Hall–Kier alpha value is -2.64. The summed E-state index contributed by atoms with van der Waals surface area (Å²) in [5.41, 5.74) is 6.66. The molecule has 3 aromatic rings.